The predicted octanol–water partition coefficient (Wildman–Crippen LogP) is 4.23. The molecular weight excluding hydrogens is 334 g/mol. The molecule has 0 radical (unpaired) electrons. The summed E-state index contributed by atoms with van der Waals surface area (Å²) in [6.07, 6.45) is -0.386. The van der Waals surface area contributed by atoms with Crippen molar-refractivity contribution in [1.82, 2.24) is 4.98 Å². The third-order valence-electron chi connectivity index (χ3n) is 4.19. The van der Waals surface area contributed by atoms with Gasteiger partial charge in [0.05, 0.1) is 29.1 Å². The summed E-state index contributed by atoms with van der Waals surface area (Å²) < 4.78 is 5.48. The number of nitrogens with zero attached hydrogens (tertiary/aromatic N) is 2. The average Bonchev–Trinajstić information content (AvgIpc) is 3.08. The molecule has 0 saturated carbocycles. The Bertz CT molecular complexity index is 938. The number of aromatic nitrogens is 1. The number of carbonyl (C=O) groups is 1. The smallest absolute Gasteiger partial charge is 0.262 e. The molecule has 2 heterocycles. The number of carbonyl (C=O) groups excluding carboxylic acids is 1. The number of benzene rings is 2. The van der Waals surface area contributed by atoms with E-state index in [0.717, 1.165) is 16.4 Å². The molecule has 1 aliphatic rings. The summed E-state index contributed by atoms with van der Waals surface area (Å²) in [6.45, 7) is 1.96. The van der Waals surface area contributed by atoms with Gasteiger partial charge in [0.25, 0.3) is 5.91 Å². The second kappa shape index (κ2) is 6.22. The molecule has 0 aliphatic carbocycles. The molecule has 5 nitrogen and oxygen atoms in total. The normalized spacial score (nSPS) is 16.3. The average molecular weight is 351 g/mol. The van der Waals surface area contributed by atoms with Crippen LogP contribution < -0.4 is 15.0 Å². The van der Waals surface area contributed by atoms with Crippen LogP contribution in [0, 0.1) is 6.92 Å². The molecule has 2 aromatic carbocycles. The van der Waals surface area contributed by atoms with E-state index in [1.54, 1.807) is 23.3 Å². The molecule has 1 amide bonds. The van der Waals surface area contributed by atoms with E-state index in [9.17, 15) is 4.79 Å². The fourth-order valence-corrected chi connectivity index (χ4v) is 3.67. The van der Waals surface area contributed by atoms with Gasteiger partial charge in [0.2, 0.25) is 0 Å². The van der Waals surface area contributed by atoms with Gasteiger partial charge in [-0.2, -0.15) is 0 Å². The van der Waals surface area contributed by atoms with Crippen LogP contribution in [-0.2, 0) is 0 Å². The van der Waals surface area contributed by atoms with Crippen LogP contribution in [0.3, 0.4) is 0 Å². The van der Waals surface area contributed by atoms with Crippen LogP contribution in [-0.4, -0.2) is 18.0 Å². The summed E-state index contributed by atoms with van der Waals surface area (Å²) >= 11 is 1.57. The molecule has 0 unspecified atom stereocenters. The van der Waals surface area contributed by atoms with Crippen LogP contribution in [0.4, 0.5) is 11.4 Å². The molecular formula is C19H17N3O2S. The maximum Gasteiger partial charge on any atom is 0.262 e. The zero-order valence-corrected chi connectivity index (χ0v) is 14.7. The molecule has 126 valence electrons. The number of nitrogens with one attached hydrogen (secondary N) is 1. The van der Waals surface area contributed by atoms with Crippen molar-refractivity contribution in [3.05, 3.63) is 70.2 Å². The Morgan fingerprint density at radius 2 is 1.92 bits per heavy atom. The minimum absolute atomic E-state index is 0.0745. The van der Waals surface area contributed by atoms with Crippen molar-refractivity contribution in [2.75, 3.05) is 17.3 Å². The first kappa shape index (κ1) is 15.7. The van der Waals surface area contributed by atoms with Crippen LogP contribution in [0.15, 0.2) is 53.9 Å². The van der Waals surface area contributed by atoms with Crippen LogP contribution in [0.1, 0.15) is 27.2 Å². The Morgan fingerprint density at radius 1 is 1.16 bits per heavy atom. The maximum absolute atomic E-state index is 13.3. The fourth-order valence-electron chi connectivity index (χ4n) is 3.04. The molecule has 6 heteroatoms. The van der Waals surface area contributed by atoms with E-state index < -0.39 is 0 Å². The Labute approximate surface area is 149 Å². The van der Waals surface area contributed by atoms with Gasteiger partial charge < -0.3 is 10.1 Å². The van der Waals surface area contributed by atoms with Gasteiger partial charge in [0.15, 0.2) is 6.17 Å². The van der Waals surface area contributed by atoms with Crippen molar-refractivity contribution in [3.8, 4) is 5.75 Å². The molecule has 1 aromatic heterocycles. The lowest BCUT2D eigenvalue weighted by Gasteiger charge is -2.37. The number of methoxy groups -OCH3 is 1. The number of fused-ring (bicyclic) bond motifs is 1. The van der Waals surface area contributed by atoms with Gasteiger partial charge in [-0.25, -0.2) is 4.98 Å². The van der Waals surface area contributed by atoms with Crippen molar-refractivity contribution >= 4 is 28.6 Å². The summed E-state index contributed by atoms with van der Waals surface area (Å²) in [5.41, 5.74) is 2.98. The SMILES string of the molecule is COc1ccccc1N1C(=O)c2ccccc2N[C@H]1c1csc(C)n1. The number of hydrogen-bond donors (Lipinski definition) is 1. The second-order valence-corrected chi connectivity index (χ2v) is 6.79. The molecule has 1 atom stereocenters. The predicted molar refractivity (Wildman–Crippen MR) is 99.5 cm³/mol. The number of anilines is 2. The molecule has 0 bridgehead atoms. The van der Waals surface area contributed by atoms with Crippen LogP contribution >= 0.6 is 11.3 Å². The molecule has 4 rings (SSSR count). The topological polar surface area (TPSA) is 54.5 Å². The zero-order chi connectivity index (χ0) is 17.4. The van der Waals surface area contributed by atoms with E-state index in [4.69, 9.17) is 4.74 Å². The summed E-state index contributed by atoms with van der Waals surface area (Å²) in [6, 6.07) is 15.1. The molecule has 1 N–H and O–H groups in total. The lowest BCUT2D eigenvalue weighted by molar-refractivity contribution is 0.0973. The highest BCUT2D eigenvalue weighted by Crippen LogP contribution is 2.40. The maximum atomic E-state index is 13.3. The minimum atomic E-state index is -0.386. The lowest BCUT2D eigenvalue weighted by Crippen LogP contribution is -2.43. The van der Waals surface area contributed by atoms with Gasteiger partial charge in [-0.15, -0.1) is 11.3 Å². The molecule has 0 saturated heterocycles. The number of para-hydroxylation sites is 3. The molecule has 0 spiro atoms. The lowest BCUT2D eigenvalue weighted by atomic mass is 10.1. The number of rotatable bonds is 3. The molecule has 1 aliphatic heterocycles. The number of thiazole rings is 1. The van der Waals surface area contributed by atoms with E-state index in [-0.39, 0.29) is 12.1 Å². The Balaban J connectivity index is 1.89. The van der Waals surface area contributed by atoms with Crippen LogP contribution in [0.2, 0.25) is 0 Å². The summed E-state index contributed by atoms with van der Waals surface area (Å²) in [5, 5.41) is 6.39. The monoisotopic (exact) mass is 351 g/mol. The van der Waals surface area contributed by atoms with Gasteiger partial charge in [-0.3, -0.25) is 9.69 Å². The fraction of sp³-hybridized carbons (Fsp3) is 0.158. The second-order valence-electron chi connectivity index (χ2n) is 5.73. The first-order valence-electron chi connectivity index (χ1n) is 7.93. The zero-order valence-electron chi connectivity index (χ0n) is 13.9. The summed E-state index contributed by atoms with van der Waals surface area (Å²) in [5.74, 6) is 0.573. The van der Waals surface area contributed by atoms with Crippen molar-refractivity contribution in [1.29, 1.82) is 0 Å². The van der Waals surface area contributed by atoms with Gasteiger partial charge in [0.1, 0.15) is 5.75 Å². The van der Waals surface area contributed by atoms with E-state index in [1.165, 1.54) is 0 Å². The Hall–Kier alpha value is -2.86. The Morgan fingerprint density at radius 3 is 2.68 bits per heavy atom. The highest BCUT2D eigenvalue weighted by atomic mass is 32.1. The van der Waals surface area contributed by atoms with Gasteiger partial charge in [-0.05, 0) is 31.2 Å². The first-order valence-corrected chi connectivity index (χ1v) is 8.81. The van der Waals surface area contributed by atoms with Crippen molar-refractivity contribution in [2.24, 2.45) is 0 Å². The highest BCUT2D eigenvalue weighted by molar-refractivity contribution is 7.09. The summed E-state index contributed by atoms with van der Waals surface area (Å²) in [7, 11) is 1.61. The quantitative estimate of drug-likeness (QED) is 0.767. The largest absolute Gasteiger partial charge is 0.495 e. The first-order chi connectivity index (χ1) is 12.2. The van der Waals surface area contributed by atoms with E-state index in [1.807, 2.05) is 60.8 Å². The highest BCUT2D eigenvalue weighted by Gasteiger charge is 2.36. The van der Waals surface area contributed by atoms with Crippen molar-refractivity contribution in [2.45, 2.75) is 13.1 Å². The minimum Gasteiger partial charge on any atom is -0.495 e. The summed E-state index contributed by atoms with van der Waals surface area (Å²) in [4.78, 5) is 19.6. The Kier molecular flexibility index (Phi) is 3.89. The third-order valence-corrected chi connectivity index (χ3v) is 4.98. The van der Waals surface area contributed by atoms with Crippen molar-refractivity contribution in [3.63, 3.8) is 0 Å². The van der Waals surface area contributed by atoms with E-state index in [2.05, 4.69) is 10.3 Å². The molecule has 25 heavy (non-hydrogen) atoms. The number of amides is 1. The van der Waals surface area contributed by atoms with Gasteiger partial charge >= 0.3 is 0 Å². The number of hydrogen-bond acceptors (Lipinski definition) is 5. The third kappa shape index (κ3) is 2.64. The van der Waals surface area contributed by atoms with Gasteiger partial charge in [-0.1, -0.05) is 24.3 Å². The van der Waals surface area contributed by atoms with Crippen molar-refractivity contribution < 1.29 is 9.53 Å². The van der Waals surface area contributed by atoms with Crippen LogP contribution in [0.5, 0.6) is 5.75 Å². The standard InChI is InChI=1S/C19H17N3O2S/c1-12-20-15(11-25-12)18-21-14-8-4-3-7-13(14)19(23)22(18)16-9-5-6-10-17(16)24-2/h3-11,18,21H,1-2H3/t18-/m1/s1. The molecule has 0 fully saturated rings. The van der Waals surface area contributed by atoms with Gasteiger partial charge in [0, 0.05) is 11.1 Å². The number of aryl methyl sites for hydroxylation is 1. The molecule has 3 aromatic rings. The van der Waals surface area contributed by atoms with E-state index in [0.29, 0.717) is 17.0 Å². The van der Waals surface area contributed by atoms with Crippen LogP contribution in [0.25, 0.3) is 0 Å². The number of ether oxygens (including phenoxy) is 1. The van der Waals surface area contributed by atoms with E-state index >= 15 is 0 Å².